The molecule has 0 heterocycles. The van der Waals surface area contributed by atoms with Crippen LogP contribution < -0.4 is 10.6 Å². The van der Waals surface area contributed by atoms with Crippen LogP contribution in [-0.2, 0) is 25.9 Å². The first-order chi connectivity index (χ1) is 10.3. The number of alkyl carbamates (subject to hydrolysis) is 1. The van der Waals surface area contributed by atoms with Gasteiger partial charge in [0.1, 0.15) is 5.60 Å². The summed E-state index contributed by atoms with van der Waals surface area (Å²) >= 11 is 0. The Labute approximate surface area is 129 Å². The molecule has 1 aromatic carbocycles. The van der Waals surface area contributed by atoms with Gasteiger partial charge in [0, 0.05) is 6.54 Å². The summed E-state index contributed by atoms with van der Waals surface area (Å²) in [6, 6.07) is 9.35. The van der Waals surface area contributed by atoms with Gasteiger partial charge >= 0.3 is 6.09 Å². The highest BCUT2D eigenvalue weighted by atomic mass is 17.2. The number of ether oxygens (including phenoxy) is 1. The van der Waals surface area contributed by atoms with Crippen LogP contribution >= 0.6 is 0 Å². The average molecular weight is 310 g/mol. The molecule has 0 saturated heterocycles. The van der Waals surface area contributed by atoms with Crippen LogP contribution in [0.5, 0.6) is 0 Å². The van der Waals surface area contributed by atoms with E-state index in [9.17, 15) is 9.59 Å². The van der Waals surface area contributed by atoms with Crippen LogP contribution in [0.4, 0.5) is 4.79 Å². The predicted octanol–water partition coefficient (Wildman–Crippen LogP) is 1.73. The summed E-state index contributed by atoms with van der Waals surface area (Å²) < 4.78 is 5.06. The molecule has 0 fully saturated rings. The molecule has 0 aliphatic carbocycles. The molecule has 0 aliphatic heterocycles. The molecule has 0 saturated carbocycles. The Bertz CT molecular complexity index is 484. The number of hydrogen-bond donors (Lipinski definition) is 2. The lowest BCUT2D eigenvalue weighted by molar-refractivity contribution is -0.301. The minimum Gasteiger partial charge on any atom is -0.444 e. The minimum absolute atomic E-state index is 0.305. The summed E-state index contributed by atoms with van der Waals surface area (Å²) in [5.41, 5.74) is 0.242. The topological polar surface area (TPSA) is 85.9 Å². The highest BCUT2D eigenvalue weighted by molar-refractivity contribution is 5.84. The molecule has 1 rings (SSSR count). The number of benzene rings is 1. The molecular formula is C15H22N2O5. The fraction of sp³-hybridized carbons (Fsp3) is 0.467. The molecule has 0 aliphatic rings. The summed E-state index contributed by atoms with van der Waals surface area (Å²) in [7, 11) is 1.24. The van der Waals surface area contributed by atoms with Gasteiger partial charge < -0.3 is 10.1 Å². The third kappa shape index (κ3) is 7.05. The molecule has 2 N–H and O–H groups in total. The van der Waals surface area contributed by atoms with E-state index in [2.05, 4.69) is 15.5 Å². The monoisotopic (exact) mass is 310 g/mol. The van der Waals surface area contributed by atoms with Gasteiger partial charge in [-0.05, 0) is 26.3 Å². The van der Waals surface area contributed by atoms with E-state index in [4.69, 9.17) is 9.62 Å². The van der Waals surface area contributed by atoms with Crippen LogP contribution in [0.3, 0.4) is 0 Å². The molecule has 22 heavy (non-hydrogen) atoms. The average Bonchev–Trinajstić information content (AvgIpc) is 2.43. The molecule has 0 bridgehead atoms. The summed E-state index contributed by atoms with van der Waals surface area (Å²) in [5, 5.41) is 4.93. The smallest absolute Gasteiger partial charge is 0.410 e. The zero-order valence-corrected chi connectivity index (χ0v) is 13.2. The molecule has 1 atom stereocenters. The van der Waals surface area contributed by atoms with Crippen LogP contribution in [0, 0.1) is 0 Å². The van der Waals surface area contributed by atoms with Crippen molar-refractivity contribution in [2.75, 3.05) is 7.11 Å². The molecule has 1 aromatic rings. The van der Waals surface area contributed by atoms with Gasteiger partial charge in [-0.3, -0.25) is 10.1 Å². The van der Waals surface area contributed by atoms with E-state index in [-0.39, 0.29) is 0 Å². The Morgan fingerprint density at radius 3 is 2.36 bits per heavy atom. The summed E-state index contributed by atoms with van der Waals surface area (Å²) in [5.74, 6) is -0.545. The number of rotatable bonds is 6. The van der Waals surface area contributed by atoms with Gasteiger partial charge in [0.25, 0.3) is 5.91 Å². The molecule has 2 amide bonds. The van der Waals surface area contributed by atoms with E-state index in [0.717, 1.165) is 5.56 Å². The van der Waals surface area contributed by atoms with Crippen LogP contribution in [0.2, 0.25) is 0 Å². The third-order valence-corrected chi connectivity index (χ3v) is 2.39. The van der Waals surface area contributed by atoms with Crippen LogP contribution in [0.1, 0.15) is 26.3 Å². The zero-order valence-electron chi connectivity index (χ0n) is 13.2. The number of nitrogens with one attached hydrogen (secondary N) is 2. The molecule has 7 heteroatoms. The highest BCUT2D eigenvalue weighted by Gasteiger charge is 2.25. The molecule has 0 aromatic heterocycles. The maximum Gasteiger partial charge on any atom is 0.410 e. The summed E-state index contributed by atoms with van der Waals surface area (Å²) in [6.07, 6.45) is -2.08. The van der Waals surface area contributed by atoms with Gasteiger partial charge in [0.15, 0.2) is 0 Å². The van der Waals surface area contributed by atoms with Crippen molar-refractivity contribution in [3.05, 3.63) is 35.9 Å². The van der Waals surface area contributed by atoms with Crippen molar-refractivity contribution in [3.63, 3.8) is 0 Å². The Morgan fingerprint density at radius 2 is 1.82 bits per heavy atom. The van der Waals surface area contributed by atoms with E-state index in [0.29, 0.717) is 6.54 Å². The van der Waals surface area contributed by atoms with E-state index in [1.54, 1.807) is 20.8 Å². The fourth-order valence-corrected chi connectivity index (χ4v) is 1.52. The van der Waals surface area contributed by atoms with Gasteiger partial charge in [0.05, 0.1) is 7.11 Å². The first kappa shape index (κ1) is 17.9. The van der Waals surface area contributed by atoms with Gasteiger partial charge in [-0.1, -0.05) is 30.3 Å². The van der Waals surface area contributed by atoms with Gasteiger partial charge in [-0.25, -0.2) is 14.6 Å². The minimum atomic E-state index is -1.30. The molecular weight excluding hydrogens is 288 g/mol. The number of carbonyl (C=O) groups excluding carboxylic acids is 2. The van der Waals surface area contributed by atoms with Crippen molar-refractivity contribution in [2.45, 2.75) is 39.1 Å². The molecule has 0 radical (unpaired) electrons. The zero-order chi connectivity index (χ0) is 16.6. The SMILES string of the molecule is COOC(NC(=O)OC(C)(C)C)C(=O)NCc1ccccc1. The van der Waals surface area contributed by atoms with Crippen molar-refractivity contribution >= 4 is 12.0 Å². The van der Waals surface area contributed by atoms with E-state index in [1.807, 2.05) is 30.3 Å². The molecule has 7 nitrogen and oxygen atoms in total. The van der Waals surface area contributed by atoms with E-state index < -0.39 is 23.8 Å². The maximum atomic E-state index is 12.0. The lowest BCUT2D eigenvalue weighted by Crippen LogP contribution is -2.49. The Morgan fingerprint density at radius 1 is 1.18 bits per heavy atom. The van der Waals surface area contributed by atoms with Crippen molar-refractivity contribution < 1.29 is 24.1 Å². The first-order valence-electron chi connectivity index (χ1n) is 6.82. The normalized spacial score (nSPS) is 12.4. The van der Waals surface area contributed by atoms with Crippen LogP contribution in [-0.4, -0.2) is 30.9 Å². The standard InChI is InChI=1S/C15H22N2O5/c1-15(2,3)21-14(19)17-13(22-20-4)12(18)16-10-11-8-6-5-7-9-11/h5-9,13H,10H2,1-4H3,(H,16,18)(H,17,19). The fourth-order valence-electron chi connectivity index (χ4n) is 1.52. The van der Waals surface area contributed by atoms with E-state index >= 15 is 0 Å². The number of amides is 2. The second-order valence-electron chi connectivity index (χ2n) is 5.49. The molecule has 122 valence electrons. The maximum absolute atomic E-state index is 12.0. The predicted molar refractivity (Wildman–Crippen MR) is 79.5 cm³/mol. The number of carbonyl (C=O) groups is 2. The van der Waals surface area contributed by atoms with Crippen molar-refractivity contribution in [1.29, 1.82) is 0 Å². The highest BCUT2D eigenvalue weighted by Crippen LogP contribution is 2.07. The van der Waals surface area contributed by atoms with Crippen molar-refractivity contribution in [3.8, 4) is 0 Å². The second-order valence-corrected chi connectivity index (χ2v) is 5.49. The first-order valence-corrected chi connectivity index (χ1v) is 6.82. The lowest BCUT2D eigenvalue weighted by Gasteiger charge is -2.22. The van der Waals surface area contributed by atoms with Crippen molar-refractivity contribution in [1.82, 2.24) is 10.6 Å². The Balaban J connectivity index is 2.54. The molecule has 0 spiro atoms. The van der Waals surface area contributed by atoms with Gasteiger partial charge in [-0.15, -0.1) is 0 Å². The Kier molecular flexibility index (Phi) is 6.81. The summed E-state index contributed by atoms with van der Waals surface area (Å²) in [4.78, 5) is 32.9. The Hall–Kier alpha value is -2.12. The lowest BCUT2D eigenvalue weighted by atomic mass is 10.2. The van der Waals surface area contributed by atoms with Crippen molar-refractivity contribution in [2.24, 2.45) is 0 Å². The second kappa shape index (κ2) is 8.35. The summed E-state index contributed by atoms with van der Waals surface area (Å²) in [6.45, 7) is 5.45. The molecule has 1 unspecified atom stereocenters. The number of hydrogen-bond acceptors (Lipinski definition) is 5. The van der Waals surface area contributed by atoms with Crippen LogP contribution in [0.15, 0.2) is 30.3 Å². The van der Waals surface area contributed by atoms with Gasteiger partial charge in [0.2, 0.25) is 6.23 Å². The van der Waals surface area contributed by atoms with Crippen LogP contribution in [0.25, 0.3) is 0 Å². The quantitative estimate of drug-likeness (QED) is 0.475. The van der Waals surface area contributed by atoms with E-state index in [1.165, 1.54) is 7.11 Å². The third-order valence-electron chi connectivity index (χ3n) is 2.39. The van der Waals surface area contributed by atoms with Gasteiger partial charge in [-0.2, -0.15) is 0 Å². The largest absolute Gasteiger partial charge is 0.444 e.